The molecule has 2 aromatic heterocycles. The third kappa shape index (κ3) is 2.87. The minimum absolute atomic E-state index is 0.158. The molecule has 6 heteroatoms. The van der Waals surface area contributed by atoms with Crippen molar-refractivity contribution in [2.75, 3.05) is 6.54 Å². The van der Waals surface area contributed by atoms with Crippen LogP contribution in [0.25, 0.3) is 10.8 Å². The zero-order valence-corrected chi connectivity index (χ0v) is 11.9. The van der Waals surface area contributed by atoms with Gasteiger partial charge in [-0.25, -0.2) is 9.97 Å². The highest BCUT2D eigenvalue weighted by molar-refractivity contribution is 6.34. The molecule has 0 bridgehead atoms. The molecule has 21 heavy (non-hydrogen) atoms. The minimum Gasteiger partial charge on any atom is -0.352 e. The summed E-state index contributed by atoms with van der Waals surface area (Å²) in [5.74, 6) is -0.158. The van der Waals surface area contributed by atoms with E-state index in [0.29, 0.717) is 23.7 Å². The summed E-state index contributed by atoms with van der Waals surface area (Å²) in [4.78, 5) is 23.3. The largest absolute Gasteiger partial charge is 0.352 e. The van der Waals surface area contributed by atoms with E-state index in [1.54, 1.807) is 12.5 Å². The van der Waals surface area contributed by atoms with Gasteiger partial charge in [-0.2, -0.15) is 0 Å². The molecule has 0 unspecified atom stereocenters. The number of nitrogens with one attached hydrogen (secondary N) is 2. The molecule has 0 saturated carbocycles. The number of carbonyl (C=O) groups is 1. The first-order valence-electron chi connectivity index (χ1n) is 6.54. The second-order valence-electron chi connectivity index (χ2n) is 4.59. The Labute approximate surface area is 126 Å². The second kappa shape index (κ2) is 5.93. The topological polar surface area (TPSA) is 70.7 Å². The third-order valence-electron chi connectivity index (χ3n) is 3.23. The van der Waals surface area contributed by atoms with Crippen LogP contribution in [-0.2, 0) is 6.42 Å². The molecule has 0 spiro atoms. The Hall–Kier alpha value is -2.40. The van der Waals surface area contributed by atoms with E-state index in [9.17, 15) is 4.79 Å². The number of nitrogens with zero attached hydrogens (tertiary/aromatic N) is 2. The van der Waals surface area contributed by atoms with Gasteiger partial charge < -0.3 is 10.3 Å². The summed E-state index contributed by atoms with van der Waals surface area (Å²) >= 11 is 6.05. The number of hydrogen-bond acceptors (Lipinski definition) is 3. The van der Waals surface area contributed by atoms with Crippen LogP contribution in [0.4, 0.5) is 0 Å². The second-order valence-corrected chi connectivity index (χ2v) is 4.95. The first-order valence-corrected chi connectivity index (χ1v) is 6.92. The van der Waals surface area contributed by atoms with E-state index in [0.717, 1.165) is 16.5 Å². The van der Waals surface area contributed by atoms with Crippen LogP contribution >= 0.6 is 11.6 Å². The number of aromatic nitrogens is 3. The van der Waals surface area contributed by atoms with E-state index in [2.05, 4.69) is 20.3 Å². The number of fused-ring (bicyclic) bond motifs is 1. The lowest BCUT2D eigenvalue weighted by atomic mass is 10.1. The fraction of sp³-hybridized carbons (Fsp3) is 0.133. The molecule has 0 fully saturated rings. The highest BCUT2D eigenvalue weighted by Crippen LogP contribution is 2.23. The van der Waals surface area contributed by atoms with Crippen molar-refractivity contribution in [1.29, 1.82) is 0 Å². The average molecular weight is 301 g/mol. The zero-order valence-electron chi connectivity index (χ0n) is 11.1. The summed E-state index contributed by atoms with van der Waals surface area (Å²) in [5, 5.41) is 4.86. The smallest absolute Gasteiger partial charge is 0.253 e. The molecule has 0 aliphatic carbocycles. The molecule has 2 N–H and O–H groups in total. The van der Waals surface area contributed by atoms with Crippen LogP contribution < -0.4 is 5.32 Å². The summed E-state index contributed by atoms with van der Waals surface area (Å²) in [6.07, 6.45) is 5.57. The monoisotopic (exact) mass is 300 g/mol. The van der Waals surface area contributed by atoms with Crippen LogP contribution in [0.2, 0.25) is 5.15 Å². The summed E-state index contributed by atoms with van der Waals surface area (Å²) < 4.78 is 0. The van der Waals surface area contributed by atoms with Crippen molar-refractivity contribution in [3.05, 3.63) is 59.4 Å². The Morgan fingerprint density at radius 1 is 1.24 bits per heavy atom. The zero-order chi connectivity index (χ0) is 14.7. The average Bonchev–Trinajstić information content (AvgIpc) is 3.01. The van der Waals surface area contributed by atoms with Crippen LogP contribution in [-0.4, -0.2) is 27.4 Å². The molecule has 0 saturated heterocycles. The maximum atomic E-state index is 12.3. The van der Waals surface area contributed by atoms with Gasteiger partial charge in [0.15, 0.2) is 0 Å². The Bertz CT molecular complexity index is 770. The van der Waals surface area contributed by atoms with Gasteiger partial charge >= 0.3 is 0 Å². The Morgan fingerprint density at radius 2 is 2.05 bits per heavy atom. The van der Waals surface area contributed by atoms with Gasteiger partial charge in [-0.3, -0.25) is 4.79 Å². The Balaban J connectivity index is 1.77. The molecule has 1 aromatic carbocycles. The quantitative estimate of drug-likeness (QED) is 0.728. The van der Waals surface area contributed by atoms with Crippen molar-refractivity contribution in [3.8, 4) is 0 Å². The highest BCUT2D eigenvalue weighted by Gasteiger charge is 2.12. The number of carbonyl (C=O) groups excluding carboxylic acids is 1. The van der Waals surface area contributed by atoms with E-state index >= 15 is 0 Å². The summed E-state index contributed by atoms with van der Waals surface area (Å²) in [7, 11) is 0. The van der Waals surface area contributed by atoms with Crippen LogP contribution in [0, 0.1) is 0 Å². The van der Waals surface area contributed by atoms with Gasteiger partial charge in [-0.05, 0) is 5.39 Å². The van der Waals surface area contributed by atoms with E-state index in [1.807, 2.05) is 24.3 Å². The normalized spacial score (nSPS) is 10.7. The molecule has 0 atom stereocenters. The predicted octanol–water partition coefficient (Wildman–Crippen LogP) is 2.58. The number of benzene rings is 1. The molecule has 0 radical (unpaired) electrons. The molecule has 2 heterocycles. The summed E-state index contributed by atoms with van der Waals surface area (Å²) in [6, 6.07) is 7.47. The molecule has 106 valence electrons. The van der Waals surface area contributed by atoms with E-state index in [4.69, 9.17) is 11.6 Å². The van der Waals surface area contributed by atoms with Crippen molar-refractivity contribution < 1.29 is 4.79 Å². The van der Waals surface area contributed by atoms with E-state index < -0.39 is 0 Å². The summed E-state index contributed by atoms with van der Waals surface area (Å²) in [5.41, 5.74) is 1.51. The van der Waals surface area contributed by atoms with Crippen LogP contribution in [0.3, 0.4) is 0 Å². The molecule has 3 aromatic rings. The first kappa shape index (κ1) is 13.6. The van der Waals surface area contributed by atoms with Crippen molar-refractivity contribution in [1.82, 2.24) is 20.3 Å². The molecular weight excluding hydrogens is 288 g/mol. The molecule has 5 nitrogen and oxygen atoms in total. The number of amides is 1. The van der Waals surface area contributed by atoms with Crippen molar-refractivity contribution in [2.45, 2.75) is 6.42 Å². The molecule has 3 rings (SSSR count). The number of H-pyrrole nitrogens is 1. The van der Waals surface area contributed by atoms with Crippen molar-refractivity contribution in [3.63, 3.8) is 0 Å². The van der Waals surface area contributed by atoms with Gasteiger partial charge in [-0.1, -0.05) is 35.9 Å². The van der Waals surface area contributed by atoms with Crippen LogP contribution in [0.15, 0.2) is 43.0 Å². The lowest BCUT2D eigenvalue weighted by Crippen LogP contribution is -2.26. The van der Waals surface area contributed by atoms with E-state index in [-0.39, 0.29) is 5.91 Å². The number of imidazole rings is 1. The fourth-order valence-electron chi connectivity index (χ4n) is 2.17. The van der Waals surface area contributed by atoms with E-state index in [1.165, 1.54) is 6.20 Å². The maximum absolute atomic E-state index is 12.3. The standard InChI is InChI=1S/C15H13ClN4O/c16-14-12-4-2-1-3-11(12)13(8-19-14)15(21)18-6-5-10-7-17-9-20-10/h1-4,7-9H,5-6H2,(H,17,20)(H,18,21). The third-order valence-corrected chi connectivity index (χ3v) is 3.53. The Morgan fingerprint density at radius 3 is 2.81 bits per heavy atom. The fourth-order valence-corrected chi connectivity index (χ4v) is 2.38. The van der Waals surface area contributed by atoms with Crippen molar-refractivity contribution >= 4 is 28.3 Å². The number of halogens is 1. The molecule has 1 amide bonds. The van der Waals surface area contributed by atoms with Gasteiger partial charge in [0.25, 0.3) is 5.91 Å². The highest BCUT2D eigenvalue weighted by atomic mass is 35.5. The lowest BCUT2D eigenvalue weighted by Gasteiger charge is -2.08. The Kier molecular flexibility index (Phi) is 3.83. The van der Waals surface area contributed by atoms with Gasteiger partial charge in [0.2, 0.25) is 0 Å². The lowest BCUT2D eigenvalue weighted by molar-refractivity contribution is 0.0955. The SMILES string of the molecule is O=C(NCCc1cnc[nH]1)c1cnc(Cl)c2ccccc12. The van der Waals surface area contributed by atoms with Crippen LogP contribution in [0.5, 0.6) is 0 Å². The van der Waals surface area contributed by atoms with Gasteiger partial charge in [-0.15, -0.1) is 0 Å². The van der Waals surface area contributed by atoms with Gasteiger partial charge in [0.05, 0.1) is 11.9 Å². The number of rotatable bonds is 4. The molecule has 0 aliphatic heterocycles. The molecular formula is C15H13ClN4O. The summed E-state index contributed by atoms with van der Waals surface area (Å²) in [6.45, 7) is 0.526. The first-order chi connectivity index (χ1) is 10.3. The van der Waals surface area contributed by atoms with Gasteiger partial charge in [0.1, 0.15) is 5.15 Å². The van der Waals surface area contributed by atoms with Crippen LogP contribution in [0.1, 0.15) is 16.1 Å². The minimum atomic E-state index is -0.158. The number of aromatic amines is 1. The molecule has 0 aliphatic rings. The maximum Gasteiger partial charge on any atom is 0.253 e. The van der Waals surface area contributed by atoms with Crippen molar-refractivity contribution in [2.24, 2.45) is 0 Å². The number of pyridine rings is 1. The van der Waals surface area contributed by atoms with Gasteiger partial charge in [0, 0.05) is 36.4 Å². The predicted molar refractivity (Wildman–Crippen MR) is 81.4 cm³/mol. The number of hydrogen-bond donors (Lipinski definition) is 2.